The van der Waals surface area contributed by atoms with Crippen molar-refractivity contribution in [2.45, 2.75) is 27.6 Å². The average molecular weight is 469 g/mol. The number of carbonyl (C=O) groups is 1. The fourth-order valence-electron chi connectivity index (χ4n) is 2.18. The SMILES string of the molecule is COc1ccc(S(=O)(=O)Nc2ccccc2S[C@H](Cl)C(F)(F)F)cc1NC(C)=O. The molecular weight excluding hydrogens is 453 g/mol. The molecule has 1 amide bonds. The van der Waals surface area contributed by atoms with E-state index in [2.05, 4.69) is 10.0 Å². The highest BCUT2D eigenvalue weighted by Crippen LogP contribution is 2.41. The summed E-state index contributed by atoms with van der Waals surface area (Å²) in [5.74, 6) is -0.196. The molecule has 0 heterocycles. The third kappa shape index (κ3) is 6.18. The molecule has 0 aliphatic rings. The van der Waals surface area contributed by atoms with E-state index >= 15 is 0 Å². The van der Waals surface area contributed by atoms with Crippen molar-refractivity contribution < 1.29 is 31.1 Å². The Bertz CT molecular complexity index is 1000. The van der Waals surface area contributed by atoms with Crippen LogP contribution in [-0.2, 0) is 14.8 Å². The van der Waals surface area contributed by atoms with Gasteiger partial charge in [0.2, 0.25) is 5.91 Å². The van der Waals surface area contributed by atoms with E-state index in [0.29, 0.717) is 0 Å². The second-order valence-corrected chi connectivity index (χ2v) is 9.14. The first-order valence-electron chi connectivity index (χ1n) is 7.89. The number of ether oxygens (including phenoxy) is 1. The second-order valence-electron chi connectivity index (χ2n) is 5.62. The van der Waals surface area contributed by atoms with Gasteiger partial charge in [-0.15, -0.1) is 11.6 Å². The van der Waals surface area contributed by atoms with E-state index in [-0.39, 0.29) is 38.7 Å². The lowest BCUT2D eigenvalue weighted by Crippen LogP contribution is -2.20. The summed E-state index contributed by atoms with van der Waals surface area (Å²) in [6.45, 7) is 1.25. The first-order valence-corrected chi connectivity index (χ1v) is 10.7. The number of amides is 1. The van der Waals surface area contributed by atoms with E-state index in [4.69, 9.17) is 16.3 Å². The van der Waals surface area contributed by atoms with Crippen LogP contribution in [0.25, 0.3) is 0 Å². The lowest BCUT2D eigenvalue weighted by molar-refractivity contribution is -0.114. The van der Waals surface area contributed by atoms with Gasteiger partial charge in [0, 0.05) is 11.8 Å². The number of alkyl halides is 4. The number of para-hydroxylation sites is 1. The number of carbonyl (C=O) groups excluding carboxylic acids is 1. The molecule has 2 rings (SSSR count). The molecule has 0 radical (unpaired) electrons. The van der Waals surface area contributed by atoms with Gasteiger partial charge in [0.15, 0.2) is 4.71 Å². The molecule has 6 nitrogen and oxygen atoms in total. The van der Waals surface area contributed by atoms with Crippen LogP contribution in [0.4, 0.5) is 24.5 Å². The molecule has 0 aliphatic heterocycles. The normalized spacial score (nSPS) is 12.9. The van der Waals surface area contributed by atoms with Crippen LogP contribution in [0.5, 0.6) is 5.75 Å². The van der Waals surface area contributed by atoms with Gasteiger partial charge in [-0.2, -0.15) is 13.2 Å². The molecular formula is C17H16ClF3N2O4S2. The first kappa shape index (κ1) is 23.2. The largest absolute Gasteiger partial charge is 0.495 e. The third-order valence-electron chi connectivity index (χ3n) is 3.41. The van der Waals surface area contributed by atoms with E-state index in [1.54, 1.807) is 0 Å². The zero-order valence-electron chi connectivity index (χ0n) is 15.1. The summed E-state index contributed by atoms with van der Waals surface area (Å²) in [5, 5.41) is 2.45. The van der Waals surface area contributed by atoms with Gasteiger partial charge in [-0.05, 0) is 30.3 Å². The van der Waals surface area contributed by atoms with E-state index < -0.39 is 26.8 Å². The molecule has 0 aromatic heterocycles. The van der Waals surface area contributed by atoms with Gasteiger partial charge in [-0.3, -0.25) is 9.52 Å². The van der Waals surface area contributed by atoms with Crippen LogP contribution >= 0.6 is 23.4 Å². The van der Waals surface area contributed by atoms with Gasteiger partial charge in [0.05, 0.1) is 23.4 Å². The summed E-state index contributed by atoms with van der Waals surface area (Å²) < 4.78 is 68.8. The van der Waals surface area contributed by atoms with Crippen molar-refractivity contribution in [1.82, 2.24) is 0 Å². The van der Waals surface area contributed by atoms with Gasteiger partial charge in [-0.1, -0.05) is 23.9 Å². The van der Waals surface area contributed by atoms with Crippen molar-refractivity contribution in [3.8, 4) is 5.75 Å². The monoisotopic (exact) mass is 468 g/mol. The molecule has 0 fully saturated rings. The molecule has 12 heteroatoms. The van der Waals surface area contributed by atoms with Crippen LogP contribution in [0.2, 0.25) is 0 Å². The van der Waals surface area contributed by atoms with Crippen LogP contribution < -0.4 is 14.8 Å². The van der Waals surface area contributed by atoms with Gasteiger partial charge in [0.25, 0.3) is 10.0 Å². The molecule has 1 atom stereocenters. The van der Waals surface area contributed by atoms with Crippen molar-refractivity contribution in [1.29, 1.82) is 0 Å². The van der Waals surface area contributed by atoms with Crippen LogP contribution in [0.3, 0.4) is 0 Å². The van der Waals surface area contributed by atoms with Gasteiger partial charge in [-0.25, -0.2) is 8.42 Å². The molecule has 2 aromatic rings. The maximum Gasteiger partial charge on any atom is 0.414 e. The highest BCUT2D eigenvalue weighted by atomic mass is 35.5. The summed E-state index contributed by atoms with van der Waals surface area (Å²) in [5.41, 5.74) is 0.0627. The predicted octanol–water partition coefficient (Wildman–Crippen LogP) is 4.67. The third-order valence-corrected chi connectivity index (χ3v) is 6.37. The Hall–Kier alpha value is -2.11. The first-order chi connectivity index (χ1) is 13.4. The maximum atomic E-state index is 12.8. The zero-order valence-corrected chi connectivity index (χ0v) is 17.5. The van der Waals surface area contributed by atoms with Crippen molar-refractivity contribution in [3.63, 3.8) is 0 Å². The van der Waals surface area contributed by atoms with Gasteiger partial charge < -0.3 is 10.1 Å². The minimum atomic E-state index is -4.67. The standard InChI is InChI=1S/C17H16ClF3N2O4S2/c1-10(24)22-13-9-11(7-8-14(13)27-2)29(25,26)23-12-5-3-4-6-15(12)28-16(18)17(19,20)21/h3-9,16,23H,1-2H3,(H,22,24)/t16-/m0/s1. The highest BCUT2D eigenvalue weighted by molar-refractivity contribution is 8.01. The lowest BCUT2D eigenvalue weighted by atomic mass is 10.3. The van der Waals surface area contributed by atoms with Crippen LogP contribution in [0.1, 0.15) is 6.92 Å². The predicted molar refractivity (Wildman–Crippen MR) is 106 cm³/mol. The average Bonchev–Trinajstić information content (AvgIpc) is 2.61. The maximum absolute atomic E-state index is 12.8. The molecule has 29 heavy (non-hydrogen) atoms. The van der Waals surface area contributed by atoms with E-state index in [0.717, 1.165) is 0 Å². The number of hydrogen-bond acceptors (Lipinski definition) is 5. The minimum absolute atomic E-state index is 0.00370. The molecule has 0 aliphatic carbocycles. The summed E-state index contributed by atoms with van der Waals surface area (Å²) >= 11 is 5.63. The Morgan fingerprint density at radius 2 is 1.83 bits per heavy atom. The number of anilines is 2. The Balaban J connectivity index is 2.36. The van der Waals surface area contributed by atoms with Crippen molar-refractivity contribution in [3.05, 3.63) is 42.5 Å². The Morgan fingerprint density at radius 1 is 1.17 bits per heavy atom. The fourth-order valence-corrected chi connectivity index (χ4v) is 4.40. The van der Waals surface area contributed by atoms with Crippen molar-refractivity contribution >= 4 is 50.7 Å². The molecule has 0 spiro atoms. The van der Waals surface area contributed by atoms with E-state index in [9.17, 15) is 26.4 Å². The van der Waals surface area contributed by atoms with Crippen molar-refractivity contribution in [2.75, 3.05) is 17.1 Å². The van der Waals surface area contributed by atoms with Crippen molar-refractivity contribution in [2.24, 2.45) is 0 Å². The smallest absolute Gasteiger partial charge is 0.414 e. The topological polar surface area (TPSA) is 84.5 Å². The Kier molecular flexibility index (Phi) is 7.30. The number of nitrogens with one attached hydrogen (secondary N) is 2. The van der Waals surface area contributed by atoms with Gasteiger partial charge in [0.1, 0.15) is 5.75 Å². The van der Waals surface area contributed by atoms with E-state index in [1.807, 2.05) is 0 Å². The quantitative estimate of drug-likeness (QED) is 0.455. The summed E-state index contributed by atoms with van der Waals surface area (Å²) in [7, 11) is -2.83. The molecule has 0 saturated carbocycles. The molecule has 2 aromatic carbocycles. The molecule has 158 valence electrons. The fraction of sp³-hybridized carbons (Fsp3) is 0.235. The van der Waals surface area contributed by atoms with Crippen LogP contribution in [0, 0.1) is 0 Å². The minimum Gasteiger partial charge on any atom is -0.495 e. The highest BCUT2D eigenvalue weighted by Gasteiger charge is 2.39. The number of halogens is 4. The second kappa shape index (κ2) is 9.14. The Labute approximate surface area is 174 Å². The number of rotatable bonds is 7. The summed E-state index contributed by atoms with van der Waals surface area (Å²) in [6, 6.07) is 9.33. The van der Waals surface area contributed by atoms with E-state index in [1.165, 1.54) is 56.5 Å². The molecule has 0 unspecified atom stereocenters. The molecule has 0 saturated heterocycles. The number of thioether (sulfide) groups is 1. The summed E-state index contributed by atoms with van der Waals surface area (Å²) in [6.07, 6.45) is -4.67. The number of hydrogen-bond donors (Lipinski definition) is 2. The molecule has 2 N–H and O–H groups in total. The number of methoxy groups -OCH3 is 1. The van der Waals surface area contributed by atoms with Gasteiger partial charge >= 0.3 is 6.18 Å². The number of benzene rings is 2. The molecule has 0 bridgehead atoms. The Morgan fingerprint density at radius 3 is 2.41 bits per heavy atom. The lowest BCUT2D eigenvalue weighted by Gasteiger charge is -2.17. The van der Waals surface area contributed by atoms with Crippen LogP contribution in [-0.4, -0.2) is 32.3 Å². The number of sulfonamides is 1. The zero-order chi connectivity index (χ0) is 21.8. The van der Waals surface area contributed by atoms with Crippen LogP contribution in [0.15, 0.2) is 52.3 Å². The summed E-state index contributed by atoms with van der Waals surface area (Å²) in [4.78, 5) is 11.1.